The van der Waals surface area contributed by atoms with Crippen LogP contribution in [0.5, 0.6) is 0 Å². The molecule has 1 aliphatic rings. The fourth-order valence-corrected chi connectivity index (χ4v) is 0.478. The minimum absolute atomic E-state index is 0.847. The van der Waals surface area contributed by atoms with Crippen LogP contribution >= 0.6 is 0 Å². The second-order valence-corrected chi connectivity index (χ2v) is 1.90. The second-order valence-electron chi connectivity index (χ2n) is 1.90. The number of hydrogen-bond donors (Lipinski definition) is 0. The van der Waals surface area contributed by atoms with Gasteiger partial charge in [0.1, 0.15) is 0 Å². The number of ether oxygens (including phenoxy) is 1. The molecule has 0 saturated heterocycles. The lowest BCUT2D eigenvalue weighted by Gasteiger charge is -1.81. The summed E-state index contributed by atoms with van der Waals surface area (Å²) >= 11 is 0. The summed E-state index contributed by atoms with van der Waals surface area (Å²) in [5, 5.41) is 0. The van der Waals surface area contributed by atoms with Gasteiger partial charge in [-0.15, -0.1) is 0 Å². The van der Waals surface area contributed by atoms with Gasteiger partial charge >= 0.3 is 0 Å². The summed E-state index contributed by atoms with van der Waals surface area (Å²) in [6.45, 7) is 0. The number of rotatable bonds is 2. The topological polar surface area (TPSA) is 9.23 Å². The maximum atomic E-state index is 4.71. The first-order chi connectivity index (χ1) is 3.43. The molecule has 7 heavy (non-hydrogen) atoms. The monoisotopic (exact) mass is 98.1 g/mol. The molecule has 40 valence electrons. The van der Waals surface area contributed by atoms with E-state index in [1.54, 1.807) is 13.4 Å². The molecule has 1 fully saturated rings. The molecule has 1 saturated carbocycles. The zero-order chi connectivity index (χ0) is 5.11. The van der Waals surface area contributed by atoms with Crippen molar-refractivity contribution in [3.63, 3.8) is 0 Å². The number of allylic oxidation sites excluding steroid dienone is 1. The molecule has 0 N–H and O–H groups in total. The summed E-state index contributed by atoms with van der Waals surface area (Å²) < 4.78 is 4.71. The molecule has 0 aromatic heterocycles. The van der Waals surface area contributed by atoms with E-state index in [4.69, 9.17) is 4.74 Å². The molecule has 0 radical (unpaired) electrons. The Bertz CT molecular complexity index is 72.2. The largest absolute Gasteiger partial charge is 0.505 e. The van der Waals surface area contributed by atoms with Gasteiger partial charge in [0.2, 0.25) is 0 Å². The SMILES string of the molecule is CO/C=C/C1CC1. The van der Waals surface area contributed by atoms with Crippen molar-refractivity contribution in [1.82, 2.24) is 0 Å². The van der Waals surface area contributed by atoms with Crippen molar-refractivity contribution in [2.24, 2.45) is 5.92 Å². The lowest BCUT2D eigenvalue weighted by molar-refractivity contribution is 0.336. The van der Waals surface area contributed by atoms with Gasteiger partial charge in [-0.2, -0.15) is 0 Å². The molecule has 0 amide bonds. The van der Waals surface area contributed by atoms with Crippen molar-refractivity contribution in [3.05, 3.63) is 12.3 Å². The summed E-state index contributed by atoms with van der Waals surface area (Å²) in [6, 6.07) is 0. The van der Waals surface area contributed by atoms with Gasteiger partial charge in [-0.3, -0.25) is 0 Å². The summed E-state index contributed by atoms with van der Waals surface area (Å²) in [5.74, 6) is 0.847. The normalized spacial score (nSPS) is 20.7. The Balaban J connectivity index is 2.05. The van der Waals surface area contributed by atoms with E-state index < -0.39 is 0 Å². The number of hydrogen-bond acceptors (Lipinski definition) is 1. The Morgan fingerprint density at radius 2 is 2.29 bits per heavy atom. The van der Waals surface area contributed by atoms with Gasteiger partial charge in [-0.25, -0.2) is 0 Å². The molecule has 0 spiro atoms. The van der Waals surface area contributed by atoms with Crippen molar-refractivity contribution in [3.8, 4) is 0 Å². The molecule has 1 heteroatoms. The van der Waals surface area contributed by atoms with Crippen molar-refractivity contribution in [2.75, 3.05) is 7.11 Å². The Morgan fingerprint density at radius 1 is 1.57 bits per heavy atom. The predicted octanol–water partition coefficient (Wildman–Crippen LogP) is 1.56. The standard InChI is InChI=1S/C6H10O/c1-7-5-4-6-2-3-6/h4-6H,2-3H2,1H3/b5-4+. The Morgan fingerprint density at radius 3 is 2.71 bits per heavy atom. The molecule has 0 aromatic carbocycles. The van der Waals surface area contributed by atoms with Crippen LogP contribution in [-0.4, -0.2) is 7.11 Å². The molecule has 0 aliphatic heterocycles. The van der Waals surface area contributed by atoms with Crippen molar-refractivity contribution >= 4 is 0 Å². The van der Waals surface area contributed by atoms with Crippen LogP contribution in [0.2, 0.25) is 0 Å². The van der Waals surface area contributed by atoms with Gasteiger partial charge in [0.15, 0.2) is 0 Å². The van der Waals surface area contributed by atoms with E-state index in [1.165, 1.54) is 12.8 Å². The summed E-state index contributed by atoms with van der Waals surface area (Å²) in [6.07, 6.45) is 6.59. The minimum atomic E-state index is 0.847. The van der Waals surface area contributed by atoms with E-state index in [2.05, 4.69) is 6.08 Å². The van der Waals surface area contributed by atoms with Gasteiger partial charge in [-0.05, 0) is 24.8 Å². The van der Waals surface area contributed by atoms with Gasteiger partial charge < -0.3 is 4.74 Å². The van der Waals surface area contributed by atoms with E-state index >= 15 is 0 Å². The molecule has 0 bridgehead atoms. The highest BCUT2D eigenvalue weighted by atomic mass is 16.5. The van der Waals surface area contributed by atoms with Crippen LogP contribution in [0, 0.1) is 5.92 Å². The molecule has 1 rings (SSSR count). The van der Waals surface area contributed by atoms with Gasteiger partial charge in [-0.1, -0.05) is 0 Å². The highest BCUT2D eigenvalue weighted by Crippen LogP contribution is 2.29. The van der Waals surface area contributed by atoms with Gasteiger partial charge in [0, 0.05) is 0 Å². The van der Waals surface area contributed by atoms with Crippen molar-refractivity contribution in [2.45, 2.75) is 12.8 Å². The molecular formula is C6H10O. The minimum Gasteiger partial charge on any atom is -0.505 e. The van der Waals surface area contributed by atoms with E-state index in [0.29, 0.717) is 0 Å². The molecule has 0 heterocycles. The van der Waals surface area contributed by atoms with Crippen LogP contribution in [0.25, 0.3) is 0 Å². The zero-order valence-corrected chi connectivity index (χ0v) is 4.55. The van der Waals surface area contributed by atoms with E-state index in [1.807, 2.05) is 0 Å². The third-order valence-electron chi connectivity index (χ3n) is 1.11. The van der Waals surface area contributed by atoms with Crippen LogP contribution in [0.3, 0.4) is 0 Å². The summed E-state index contributed by atoms with van der Waals surface area (Å²) in [4.78, 5) is 0. The number of methoxy groups -OCH3 is 1. The van der Waals surface area contributed by atoms with Gasteiger partial charge in [0.05, 0.1) is 13.4 Å². The zero-order valence-electron chi connectivity index (χ0n) is 4.55. The van der Waals surface area contributed by atoms with E-state index in [-0.39, 0.29) is 0 Å². The molecule has 0 atom stereocenters. The fourth-order valence-electron chi connectivity index (χ4n) is 0.478. The van der Waals surface area contributed by atoms with Crippen LogP contribution < -0.4 is 0 Å². The van der Waals surface area contributed by atoms with E-state index in [0.717, 1.165) is 5.92 Å². The van der Waals surface area contributed by atoms with Crippen LogP contribution in [0.1, 0.15) is 12.8 Å². The average molecular weight is 98.1 g/mol. The third kappa shape index (κ3) is 1.62. The lowest BCUT2D eigenvalue weighted by atomic mass is 10.4. The van der Waals surface area contributed by atoms with Crippen LogP contribution in [-0.2, 0) is 4.74 Å². The molecule has 0 aromatic rings. The smallest absolute Gasteiger partial charge is 0.0787 e. The third-order valence-corrected chi connectivity index (χ3v) is 1.11. The Kier molecular flexibility index (Phi) is 1.35. The lowest BCUT2D eigenvalue weighted by Crippen LogP contribution is -1.65. The predicted molar refractivity (Wildman–Crippen MR) is 28.9 cm³/mol. The van der Waals surface area contributed by atoms with E-state index in [9.17, 15) is 0 Å². The first-order valence-corrected chi connectivity index (χ1v) is 2.63. The fraction of sp³-hybridized carbons (Fsp3) is 0.667. The summed E-state index contributed by atoms with van der Waals surface area (Å²) in [7, 11) is 1.68. The molecule has 0 unspecified atom stereocenters. The maximum absolute atomic E-state index is 4.71. The van der Waals surface area contributed by atoms with Crippen molar-refractivity contribution < 1.29 is 4.74 Å². The maximum Gasteiger partial charge on any atom is 0.0787 e. The average Bonchev–Trinajstić information content (AvgIpc) is 2.42. The van der Waals surface area contributed by atoms with Crippen LogP contribution in [0.15, 0.2) is 12.3 Å². The first kappa shape index (κ1) is 4.69. The van der Waals surface area contributed by atoms with Gasteiger partial charge in [0.25, 0.3) is 0 Å². The Hall–Kier alpha value is -0.460. The molecule has 1 nitrogen and oxygen atoms in total. The highest BCUT2D eigenvalue weighted by molar-refractivity contribution is 4.91. The second kappa shape index (κ2) is 2.01. The highest BCUT2D eigenvalue weighted by Gasteiger charge is 2.16. The van der Waals surface area contributed by atoms with Crippen LogP contribution in [0.4, 0.5) is 0 Å². The molecule has 1 aliphatic carbocycles. The Labute approximate surface area is 44.0 Å². The summed E-state index contributed by atoms with van der Waals surface area (Å²) in [5.41, 5.74) is 0. The first-order valence-electron chi connectivity index (χ1n) is 2.63. The quantitative estimate of drug-likeness (QED) is 0.476. The van der Waals surface area contributed by atoms with Crippen molar-refractivity contribution in [1.29, 1.82) is 0 Å². The molecular weight excluding hydrogens is 88.1 g/mol.